The Kier molecular flexibility index (Phi) is 7.52. The smallest absolute Gasteiger partial charge is 0.277 e. The van der Waals surface area contributed by atoms with Crippen molar-refractivity contribution in [3.63, 3.8) is 0 Å². The highest BCUT2D eigenvalue weighted by Gasteiger charge is 2.28. The van der Waals surface area contributed by atoms with E-state index in [1.54, 1.807) is 25.3 Å². The van der Waals surface area contributed by atoms with Crippen LogP contribution in [0.15, 0.2) is 29.2 Å². The standard InChI is InChI=1S/C26H35ClN6O2/c1-6-32(20-9-7-19(8-10-20)31(4)5)23-14-18(27)13-21(16(23)2)25(34)28-15-22-17(3)30-24-11-12-29-33(24)26(22)35/h11-14,19-20,29H,6-10,15H2,1-5H3,(H,28,34). The number of halogens is 1. The van der Waals surface area contributed by atoms with E-state index in [0.29, 0.717) is 39.6 Å². The quantitative estimate of drug-likeness (QED) is 0.515. The van der Waals surface area contributed by atoms with Crippen LogP contribution in [0.5, 0.6) is 0 Å². The molecule has 1 aromatic carbocycles. The monoisotopic (exact) mass is 498 g/mol. The Labute approximate surface area is 211 Å². The number of amides is 1. The van der Waals surface area contributed by atoms with E-state index in [1.807, 2.05) is 13.0 Å². The molecule has 0 unspecified atom stereocenters. The fourth-order valence-electron chi connectivity index (χ4n) is 5.28. The Bertz CT molecular complexity index is 1270. The number of anilines is 1. The highest BCUT2D eigenvalue weighted by Crippen LogP contribution is 2.34. The third kappa shape index (κ3) is 5.09. The largest absolute Gasteiger partial charge is 0.369 e. The van der Waals surface area contributed by atoms with E-state index >= 15 is 0 Å². The molecule has 35 heavy (non-hydrogen) atoms. The molecule has 1 amide bonds. The first-order valence-corrected chi connectivity index (χ1v) is 12.7. The van der Waals surface area contributed by atoms with E-state index in [-0.39, 0.29) is 18.0 Å². The molecule has 0 radical (unpaired) electrons. The average Bonchev–Trinajstić information content (AvgIpc) is 3.30. The molecule has 2 heterocycles. The van der Waals surface area contributed by atoms with Gasteiger partial charge in [-0.2, -0.15) is 0 Å². The molecule has 1 aliphatic carbocycles. The molecule has 1 aliphatic rings. The number of aromatic amines is 1. The van der Waals surface area contributed by atoms with Crippen LogP contribution in [0.2, 0.25) is 5.02 Å². The topological polar surface area (TPSA) is 85.7 Å². The van der Waals surface area contributed by atoms with Gasteiger partial charge in [-0.15, -0.1) is 0 Å². The van der Waals surface area contributed by atoms with Crippen LogP contribution in [-0.4, -0.2) is 58.1 Å². The molecule has 2 aromatic heterocycles. The molecule has 4 rings (SSSR count). The molecule has 0 bridgehead atoms. The number of aromatic nitrogens is 3. The van der Waals surface area contributed by atoms with Gasteiger partial charge in [0.25, 0.3) is 11.5 Å². The molecule has 3 aromatic rings. The highest BCUT2D eigenvalue weighted by atomic mass is 35.5. The Morgan fingerprint density at radius 2 is 1.89 bits per heavy atom. The summed E-state index contributed by atoms with van der Waals surface area (Å²) in [5.41, 5.74) is 3.82. The molecule has 1 saturated carbocycles. The second-order valence-electron chi connectivity index (χ2n) is 9.63. The Hall–Kier alpha value is -2.84. The number of benzene rings is 1. The number of nitrogens with one attached hydrogen (secondary N) is 2. The molecule has 2 N–H and O–H groups in total. The summed E-state index contributed by atoms with van der Waals surface area (Å²) in [6.07, 6.45) is 6.21. The van der Waals surface area contributed by atoms with Crippen molar-refractivity contribution in [2.24, 2.45) is 0 Å². The van der Waals surface area contributed by atoms with Crippen LogP contribution < -0.4 is 15.8 Å². The molecule has 0 spiro atoms. The van der Waals surface area contributed by atoms with Crippen molar-refractivity contribution in [2.45, 2.75) is 65.1 Å². The number of hydrogen-bond acceptors (Lipinski definition) is 5. The zero-order valence-electron chi connectivity index (χ0n) is 21.2. The lowest BCUT2D eigenvalue weighted by Crippen LogP contribution is -2.42. The van der Waals surface area contributed by atoms with Gasteiger partial charge in [-0.05, 0) is 78.2 Å². The van der Waals surface area contributed by atoms with Gasteiger partial charge in [0.1, 0.15) is 0 Å². The molecule has 8 nitrogen and oxygen atoms in total. The van der Waals surface area contributed by atoms with Gasteiger partial charge in [-0.3, -0.25) is 14.7 Å². The summed E-state index contributed by atoms with van der Waals surface area (Å²) < 4.78 is 1.38. The summed E-state index contributed by atoms with van der Waals surface area (Å²) >= 11 is 6.51. The van der Waals surface area contributed by atoms with Gasteiger partial charge in [0, 0.05) is 47.2 Å². The van der Waals surface area contributed by atoms with Gasteiger partial charge in [-0.1, -0.05) is 11.6 Å². The van der Waals surface area contributed by atoms with Crippen LogP contribution >= 0.6 is 11.6 Å². The van der Waals surface area contributed by atoms with Crippen molar-refractivity contribution in [2.75, 3.05) is 25.5 Å². The minimum atomic E-state index is -0.256. The molecule has 0 aliphatic heterocycles. The fourth-order valence-corrected chi connectivity index (χ4v) is 5.50. The number of hydrogen-bond donors (Lipinski definition) is 2. The van der Waals surface area contributed by atoms with Crippen LogP contribution in [-0.2, 0) is 6.54 Å². The van der Waals surface area contributed by atoms with Crippen LogP contribution in [0.25, 0.3) is 5.65 Å². The lowest BCUT2D eigenvalue weighted by atomic mass is 9.89. The van der Waals surface area contributed by atoms with E-state index in [9.17, 15) is 9.59 Å². The number of fused-ring (bicyclic) bond motifs is 1. The second kappa shape index (κ2) is 10.4. The van der Waals surface area contributed by atoms with E-state index in [1.165, 1.54) is 4.52 Å². The molecular weight excluding hydrogens is 464 g/mol. The fraction of sp³-hybridized carbons (Fsp3) is 0.500. The minimum Gasteiger partial charge on any atom is -0.369 e. The number of H-pyrrole nitrogens is 1. The number of aryl methyl sites for hydroxylation is 1. The van der Waals surface area contributed by atoms with Gasteiger partial charge in [0.2, 0.25) is 0 Å². The third-order valence-corrected chi connectivity index (χ3v) is 7.57. The molecular formula is C26H35ClN6O2. The summed E-state index contributed by atoms with van der Waals surface area (Å²) in [7, 11) is 4.30. The highest BCUT2D eigenvalue weighted by molar-refractivity contribution is 6.31. The summed E-state index contributed by atoms with van der Waals surface area (Å²) in [5.74, 6) is -0.256. The predicted molar refractivity (Wildman–Crippen MR) is 141 cm³/mol. The number of nitrogens with zero attached hydrogens (tertiary/aromatic N) is 4. The molecule has 9 heteroatoms. The first-order valence-electron chi connectivity index (χ1n) is 12.3. The van der Waals surface area contributed by atoms with Gasteiger partial charge < -0.3 is 15.1 Å². The number of carbonyl (C=O) groups is 1. The first kappa shape index (κ1) is 25.3. The maximum atomic E-state index is 13.3. The van der Waals surface area contributed by atoms with Crippen LogP contribution in [0.3, 0.4) is 0 Å². The lowest BCUT2D eigenvalue weighted by Gasteiger charge is -2.40. The minimum absolute atomic E-state index is 0.0891. The van der Waals surface area contributed by atoms with Crippen molar-refractivity contribution >= 4 is 28.8 Å². The lowest BCUT2D eigenvalue weighted by molar-refractivity contribution is 0.0950. The summed E-state index contributed by atoms with van der Waals surface area (Å²) in [5, 5.41) is 6.31. The van der Waals surface area contributed by atoms with Crippen molar-refractivity contribution < 1.29 is 4.79 Å². The Balaban J connectivity index is 1.55. The maximum absolute atomic E-state index is 13.3. The average molecular weight is 499 g/mol. The Morgan fingerprint density at radius 1 is 1.20 bits per heavy atom. The molecule has 0 saturated heterocycles. The third-order valence-electron chi connectivity index (χ3n) is 7.35. The van der Waals surface area contributed by atoms with Crippen LogP contribution in [0.4, 0.5) is 5.69 Å². The summed E-state index contributed by atoms with van der Waals surface area (Å²) in [6, 6.07) is 6.46. The second-order valence-corrected chi connectivity index (χ2v) is 10.1. The van der Waals surface area contributed by atoms with Crippen LogP contribution in [0.1, 0.15) is 59.8 Å². The van der Waals surface area contributed by atoms with Crippen molar-refractivity contribution in [3.05, 3.63) is 62.2 Å². The molecule has 0 atom stereocenters. The van der Waals surface area contributed by atoms with Crippen LogP contribution in [0, 0.1) is 13.8 Å². The Morgan fingerprint density at radius 3 is 2.54 bits per heavy atom. The zero-order chi connectivity index (χ0) is 25.3. The van der Waals surface area contributed by atoms with E-state index in [0.717, 1.165) is 43.5 Å². The van der Waals surface area contributed by atoms with E-state index in [2.05, 4.69) is 46.2 Å². The number of rotatable bonds is 7. The van der Waals surface area contributed by atoms with Crippen molar-refractivity contribution in [3.8, 4) is 0 Å². The number of carbonyl (C=O) groups excluding carboxylic acids is 1. The normalized spacial score (nSPS) is 18.3. The van der Waals surface area contributed by atoms with Gasteiger partial charge in [-0.25, -0.2) is 9.50 Å². The zero-order valence-corrected chi connectivity index (χ0v) is 21.9. The van der Waals surface area contributed by atoms with Crippen molar-refractivity contribution in [1.29, 1.82) is 0 Å². The SMILES string of the molecule is CCN(c1cc(Cl)cc(C(=O)NCc2c(C)nc3cc[nH]n3c2=O)c1C)C1CCC(N(C)C)CC1. The molecule has 1 fully saturated rings. The predicted octanol–water partition coefficient (Wildman–Crippen LogP) is 3.92. The summed E-state index contributed by atoms with van der Waals surface area (Å²) in [6.45, 7) is 6.84. The van der Waals surface area contributed by atoms with Gasteiger partial charge in [0.15, 0.2) is 5.65 Å². The first-order chi connectivity index (χ1) is 16.7. The molecule has 188 valence electrons. The van der Waals surface area contributed by atoms with E-state index in [4.69, 9.17) is 11.6 Å². The van der Waals surface area contributed by atoms with E-state index < -0.39 is 0 Å². The maximum Gasteiger partial charge on any atom is 0.277 e. The summed E-state index contributed by atoms with van der Waals surface area (Å²) in [4.78, 5) is 35.2. The van der Waals surface area contributed by atoms with Gasteiger partial charge >= 0.3 is 0 Å². The van der Waals surface area contributed by atoms with Gasteiger partial charge in [0.05, 0.1) is 17.8 Å². The van der Waals surface area contributed by atoms with Crippen molar-refractivity contribution in [1.82, 2.24) is 24.8 Å².